The van der Waals surface area contributed by atoms with Crippen molar-refractivity contribution in [2.24, 2.45) is 11.8 Å². The molecule has 2 aliphatic rings. The van der Waals surface area contributed by atoms with Gasteiger partial charge in [0.25, 0.3) is 5.91 Å². The van der Waals surface area contributed by atoms with Gasteiger partial charge in [0.15, 0.2) is 0 Å². The Morgan fingerprint density at radius 1 is 1.00 bits per heavy atom. The minimum atomic E-state index is -0.345. The fourth-order valence-electron chi connectivity index (χ4n) is 4.38. The first-order valence-corrected chi connectivity index (χ1v) is 11.1. The second kappa shape index (κ2) is 9.40. The van der Waals surface area contributed by atoms with Crippen molar-refractivity contribution in [3.63, 3.8) is 0 Å². The normalized spacial score (nSPS) is 20.4. The number of amides is 4. The largest absolute Gasteiger partial charge is 0.337 e. The molecule has 3 atom stereocenters. The van der Waals surface area contributed by atoms with E-state index in [0.29, 0.717) is 24.1 Å². The molecule has 170 valence electrons. The van der Waals surface area contributed by atoms with Gasteiger partial charge in [0, 0.05) is 18.3 Å². The molecule has 1 aliphatic heterocycles. The molecule has 0 aromatic heterocycles. The molecular formula is C26H27N3O4. The number of carbonyl (C=O) groups excluding carboxylic acids is 4. The Morgan fingerprint density at radius 3 is 2.27 bits per heavy atom. The monoisotopic (exact) mass is 445 g/mol. The molecule has 7 heteroatoms. The lowest BCUT2D eigenvalue weighted by molar-refractivity contribution is -0.146. The Morgan fingerprint density at radius 2 is 1.64 bits per heavy atom. The standard InChI is InChI=1S/C26H27N3O4/c1-17(19-11-8-12-20(15-19)27-24(31)18-9-4-3-5-10-18)28(2)23(30)16-29-25(32)21-13-6-7-14-22(21)26(29)33/h3-12,15,17,21-22H,13-14,16H2,1-2H3,(H,27,31). The van der Waals surface area contributed by atoms with Crippen LogP contribution in [0.4, 0.5) is 5.69 Å². The molecule has 2 aromatic rings. The molecule has 3 unspecified atom stereocenters. The molecule has 1 aliphatic carbocycles. The first-order chi connectivity index (χ1) is 15.9. The van der Waals surface area contributed by atoms with Crippen molar-refractivity contribution in [2.45, 2.75) is 25.8 Å². The van der Waals surface area contributed by atoms with E-state index in [1.165, 1.54) is 4.90 Å². The zero-order valence-electron chi connectivity index (χ0n) is 18.7. The predicted molar refractivity (Wildman–Crippen MR) is 124 cm³/mol. The third-order valence-corrected chi connectivity index (χ3v) is 6.53. The van der Waals surface area contributed by atoms with Crippen molar-refractivity contribution in [3.8, 4) is 0 Å². The predicted octanol–water partition coefficient (Wildman–Crippen LogP) is 3.41. The summed E-state index contributed by atoms with van der Waals surface area (Å²) >= 11 is 0. The Hall–Kier alpha value is -3.74. The van der Waals surface area contributed by atoms with Crippen LogP contribution in [0.15, 0.2) is 66.7 Å². The van der Waals surface area contributed by atoms with Crippen LogP contribution in [0.1, 0.15) is 41.7 Å². The number of imide groups is 1. The van der Waals surface area contributed by atoms with E-state index in [0.717, 1.165) is 10.5 Å². The van der Waals surface area contributed by atoms with Crippen molar-refractivity contribution in [2.75, 3.05) is 18.9 Å². The molecule has 2 aromatic carbocycles. The lowest BCUT2D eigenvalue weighted by atomic mass is 9.85. The molecule has 4 rings (SSSR count). The van der Waals surface area contributed by atoms with Crippen LogP contribution in [0, 0.1) is 11.8 Å². The minimum Gasteiger partial charge on any atom is -0.337 e. The maximum atomic E-state index is 13.0. The Labute approximate surface area is 193 Å². The zero-order chi connectivity index (χ0) is 23.5. The first-order valence-electron chi connectivity index (χ1n) is 11.1. The summed E-state index contributed by atoms with van der Waals surface area (Å²) in [6.45, 7) is 1.61. The van der Waals surface area contributed by atoms with Gasteiger partial charge < -0.3 is 10.2 Å². The minimum absolute atomic E-state index is 0.216. The fourth-order valence-corrected chi connectivity index (χ4v) is 4.38. The molecule has 7 nitrogen and oxygen atoms in total. The lowest BCUT2D eigenvalue weighted by Crippen LogP contribution is -2.42. The van der Waals surface area contributed by atoms with Gasteiger partial charge in [-0.25, -0.2) is 0 Å². The van der Waals surface area contributed by atoms with E-state index in [2.05, 4.69) is 5.32 Å². The SMILES string of the molecule is CC(c1cccc(NC(=O)c2ccccc2)c1)N(C)C(=O)CN1C(=O)C2CC=CCC2C1=O. The summed E-state index contributed by atoms with van der Waals surface area (Å²) in [5.74, 6) is -1.73. The molecule has 0 saturated carbocycles. The summed E-state index contributed by atoms with van der Waals surface area (Å²) in [5, 5.41) is 2.87. The molecule has 0 bridgehead atoms. The number of benzene rings is 2. The average Bonchev–Trinajstić information content (AvgIpc) is 3.08. The highest BCUT2D eigenvalue weighted by molar-refractivity contribution is 6.07. The second-order valence-corrected chi connectivity index (χ2v) is 8.54. The highest BCUT2D eigenvalue weighted by atomic mass is 16.2. The van der Waals surface area contributed by atoms with Gasteiger partial charge in [-0.2, -0.15) is 0 Å². The van der Waals surface area contributed by atoms with Gasteiger partial charge in [-0.1, -0.05) is 42.5 Å². The van der Waals surface area contributed by atoms with Crippen LogP contribution in [0.2, 0.25) is 0 Å². The van der Waals surface area contributed by atoms with E-state index in [1.807, 2.05) is 43.3 Å². The van der Waals surface area contributed by atoms with Crippen LogP contribution < -0.4 is 5.32 Å². The van der Waals surface area contributed by atoms with Gasteiger partial charge in [-0.05, 0) is 49.6 Å². The number of nitrogens with zero attached hydrogens (tertiary/aromatic N) is 2. The van der Waals surface area contributed by atoms with E-state index >= 15 is 0 Å². The maximum Gasteiger partial charge on any atom is 0.255 e. The zero-order valence-corrected chi connectivity index (χ0v) is 18.7. The highest BCUT2D eigenvalue weighted by Crippen LogP contribution is 2.35. The average molecular weight is 446 g/mol. The summed E-state index contributed by atoms with van der Waals surface area (Å²) in [5.41, 5.74) is 2.00. The third kappa shape index (κ3) is 4.58. The number of likely N-dealkylation sites (N-methyl/N-ethyl adjacent to an activating group) is 1. The van der Waals surface area contributed by atoms with Crippen LogP contribution in [-0.2, 0) is 14.4 Å². The lowest BCUT2D eigenvalue weighted by Gasteiger charge is -2.27. The number of fused-ring (bicyclic) bond motifs is 1. The van der Waals surface area contributed by atoms with Gasteiger partial charge in [0.1, 0.15) is 6.54 Å². The van der Waals surface area contributed by atoms with E-state index in [9.17, 15) is 19.2 Å². The molecule has 0 spiro atoms. The molecule has 0 radical (unpaired) electrons. The molecule has 1 heterocycles. The van der Waals surface area contributed by atoms with Crippen molar-refractivity contribution in [1.82, 2.24) is 9.80 Å². The maximum absolute atomic E-state index is 13.0. The molecule has 33 heavy (non-hydrogen) atoms. The van der Waals surface area contributed by atoms with Gasteiger partial charge >= 0.3 is 0 Å². The van der Waals surface area contributed by atoms with Crippen LogP contribution in [0.25, 0.3) is 0 Å². The molecular weight excluding hydrogens is 418 g/mol. The number of hydrogen-bond acceptors (Lipinski definition) is 4. The van der Waals surface area contributed by atoms with E-state index in [-0.39, 0.29) is 48.1 Å². The molecule has 1 N–H and O–H groups in total. The Balaban J connectivity index is 1.41. The summed E-state index contributed by atoms with van der Waals surface area (Å²) in [6.07, 6.45) is 4.95. The number of nitrogens with one attached hydrogen (secondary N) is 1. The van der Waals surface area contributed by atoms with Gasteiger partial charge in [-0.15, -0.1) is 0 Å². The van der Waals surface area contributed by atoms with Crippen molar-refractivity contribution in [3.05, 3.63) is 77.9 Å². The molecule has 1 saturated heterocycles. The number of anilines is 1. The second-order valence-electron chi connectivity index (χ2n) is 8.54. The number of allylic oxidation sites excluding steroid dienone is 2. The number of likely N-dealkylation sites (tertiary alicyclic amines) is 1. The number of hydrogen-bond donors (Lipinski definition) is 1. The van der Waals surface area contributed by atoms with Gasteiger partial charge in [0.2, 0.25) is 17.7 Å². The van der Waals surface area contributed by atoms with Crippen LogP contribution >= 0.6 is 0 Å². The highest BCUT2D eigenvalue weighted by Gasteiger charge is 2.47. The smallest absolute Gasteiger partial charge is 0.255 e. The van der Waals surface area contributed by atoms with E-state index in [4.69, 9.17) is 0 Å². The molecule has 4 amide bonds. The fraction of sp³-hybridized carbons (Fsp3) is 0.308. The molecule has 1 fully saturated rings. The Bertz CT molecular complexity index is 1090. The van der Waals surface area contributed by atoms with Crippen molar-refractivity contribution < 1.29 is 19.2 Å². The summed E-state index contributed by atoms with van der Waals surface area (Å²) in [7, 11) is 1.65. The quantitative estimate of drug-likeness (QED) is 0.545. The van der Waals surface area contributed by atoms with Crippen LogP contribution in [0.5, 0.6) is 0 Å². The first kappa shape index (κ1) is 22.5. The third-order valence-electron chi connectivity index (χ3n) is 6.53. The summed E-state index contributed by atoms with van der Waals surface area (Å²) in [6, 6.07) is 15.9. The van der Waals surface area contributed by atoms with Crippen LogP contribution in [0.3, 0.4) is 0 Å². The van der Waals surface area contributed by atoms with Gasteiger partial charge in [0.05, 0.1) is 17.9 Å². The number of carbonyl (C=O) groups is 4. The summed E-state index contributed by atoms with van der Waals surface area (Å²) in [4.78, 5) is 53.4. The Kier molecular flexibility index (Phi) is 6.40. The van der Waals surface area contributed by atoms with Crippen molar-refractivity contribution >= 4 is 29.3 Å². The summed E-state index contributed by atoms with van der Waals surface area (Å²) < 4.78 is 0. The van der Waals surface area contributed by atoms with E-state index < -0.39 is 0 Å². The van der Waals surface area contributed by atoms with Crippen LogP contribution in [-0.4, -0.2) is 47.0 Å². The van der Waals surface area contributed by atoms with Gasteiger partial charge in [-0.3, -0.25) is 24.1 Å². The van der Waals surface area contributed by atoms with Crippen molar-refractivity contribution in [1.29, 1.82) is 0 Å². The number of rotatable bonds is 6. The van der Waals surface area contributed by atoms with E-state index in [1.54, 1.807) is 37.4 Å². The topological polar surface area (TPSA) is 86.8 Å².